The average Bonchev–Trinajstić information content (AvgIpc) is 2.11. The molecule has 1 heterocycles. The van der Waals surface area contributed by atoms with Gasteiger partial charge in [0.05, 0.1) is 12.7 Å². The summed E-state index contributed by atoms with van der Waals surface area (Å²) in [5, 5.41) is 17.4. The molecule has 0 spiro atoms. The van der Waals surface area contributed by atoms with E-state index in [1.54, 1.807) is 0 Å². The van der Waals surface area contributed by atoms with E-state index in [4.69, 9.17) is 21.8 Å². The fraction of sp³-hybridized carbons (Fsp3) is 0.375. The number of aliphatic hydroxyl groups excluding tert-OH is 2. The molecule has 2 N–H and O–H groups in total. The van der Waals surface area contributed by atoms with E-state index in [0.717, 1.165) is 0 Å². The van der Waals surface area contributed by atoms with Crippen LogP contribution in [0, 0.1) is 5.82 Å². The number of halogens is 2. The van der Waals surface area contributed by atoms with E-state index in [2.05, 4.69) is 4.98 Å². The fourth-order valence-electron chi connectivity index (χ4n) is 0.909. The highest BCUT2D eigenvalue weighted by molar-refractivity contribution is 6.29. The Morgan fingerprint density at radius 1 is 1.62 bits per heavy atom. The molecule has 0 aliphatic heterocycles. The third-order valence-electron chi connectivity index (χ3n) is 1.53. The Balaban J connectivity index is 2.73. The van der Waals surface area contributed by atoms with Crippen molar-refractivity contribution in [3.8, 4) is 0 Å². The molecule has 0 aliphatic rings. The van der Waals surface area contributed by atoms with E-state index in [0.29, 0.717) is 5.56 Å². The first-order valence-electron chi connectivity index (χ1n) is 3.72. The van der Waals surface area contributed by atoms with Gasteiger partial charge in [-0.15, -0.1) is 0 Å². The Kier molecular flexibility index (Phi) is 3.59. The maximum absolute atomic E-state index is 12.8. The van der Waals surface area contributed by atoms with Crippen molar-refractivity contribution in [1.82, 2.24) is 4.98 Å². The minimum Gasteiger partial charge on any atom is -0.394 e. The van der Waals surface area contributed by atoms with Gasteiger partial charge >= 0.3 is 0 Å². The van der Waals surface area contributed by atoms with E-state index in [1.165, 1.54) is 12.3 Å². The molecule has 0 aromatic carbocycles. The lowest BCUT2D eigenvalue weighted by Gasteiger charge is -2.06. The van der Waals surface area contributed by atoms with Crippen LogP contribution in [0.2, 0.25) is 5.15 Å². The summed E-state index contributed by atoms with van der Waals surface area (Å²) in [6, 6.07) is 1.19. The lowest BCUT2D eigenvalue weighted by molar-refractivity contribution is 0.0954. The Morgan fingerprint density at radius 2 is 2.31 bits per heavy atom. The predicted molar refractivity (Wildman–Crippen MR) is 46.0 cm³/mol. The van der Waals surface area contributed by atoms with Crippen molar-refractivity contribution in [2.75, 3.05) is 6.61 Å². The summed E-state index contributed by atoms with van der Waals surface area (Å²) in [4.78, 5) is 3.56. The van der Waals surface area contributed by atoms with Crippen LogP contribution < -0.4 is 0 Å². The van der Waals surface area contributed by atoms with Gasteiger partial charge in [-0.2, -0.15) is 0 Å². The SMILES string of the molecule is OC[C@H](O)Cc1cnc(Cl)c(F)c1. The Bertz CT molecular complexity index is 295. The molecule has 0 unspecified atom stereocenters. The second-order valence-electron chi connectivity index (χ2n) is 2.66. The van der Waals surface area contributed by atoms with Crippen LogP contribution >= 0.6 is 11.6 Å². The molecule has 0 radical (unpaired) electrons. The molecule has 1 aromatic heterocycles. The van der Waals surface area contributed by atoms with E-state index in [9.17, 15) is 4.39 Å². The molecule has 3 nitrogen and oxygen atoms in total. The van der Waals surface area contributed by atoms with Crippen molar-refractivity contribution in [3.05, 3.63) is 28.8 Å². The standard InChI is InChI=1S/C8H9ClFNO2/c9-8-7(10)2-5(3-11-8)1-6(13)4-12/h2-3,6,12-13H,1,4H2/t6-/m1/s1. The van der Waals surface area contributed by atoms with Crippen LogP contribution in [0.25, 0.3) is 0 Å². The predicted octanol–water partition coefficient (Wildman–Crippen LogP) is 0.770. The average molecular weight is 206 g/mol. The van der Waals surface area contributed by atoms with Crippen molar-refractivity contribution in [2.45, 2.75) is 12.5 Å². The lowest BCUT2D eigenvalue weighted by Crippen LogP contribution is -2.15. The summed E-state index contributed by atoms with van der Waals surface area (Å²) in [5.74, 6) is -0.621. The molecule has 1 rings (SSSR count). The summed E-state index contributed by atoms with van der Waals surface area (Å²) in [7, 11) is 0. The highest BCUT2D eigenvalue weighted by Gasteiger charge is 2.07. The van der Waals surface area contributed by atoms with E-state index >= 15 is 0 Å². The van der Waals surface area contributed by atoms with E-state index < -0.39 is 11.9 Å². The number of hydrogen-bond donors (Lipinski definition) is 2. The van der Waals surface area contributed by atoms with Crippen molar-refractivity contribution >= 4 is 11.6 Å². The minimum atomic E-state index is -0.887. The molecule has 0 bridgehead atoms. The van der Waals surface area contributed by atoms with Gasteiger partial charge in [-0.05, 0) is 11.6 Å². The Morgan fingerprint density at radius 3 is 2.85 bits per heavy atom. The van der Waals surface area contributed by atoms with Crippen molar-refractivity contribution in [1.29, 1.82) is 0 Å². The monoisotopic (exact) mass is 205 g/mol. The maximum atomic E-state index is 12.8. The molecule has 72 valence electrons. The number of aromatic nitrogens is 1. The third-order valence-corrected chi connectivity index (χ3v) is 1.81. The Hall–Kier alpha value is -0.710. The number of nitrogens with zero attached hydrogens (tertiary/aromatic N) is 1. The van der Waals surface area contributed by atoms with Gasteiger partial charge < -0.3 is 10.2 Å². The molecule has 0 saturated heterocycles. The van der Waals surface area contributed by atoms with Gasteiger partial charge in [0, 0.05) is 12.6 Å². The van der Waals surface area contributed by atoms with E-state index in [-0.39, 0.29) is 18.2 Å². The summed E-state index contributed by atoms with van der Waals surface area (Å²) in [5.41, 5.74) is 0.503. The van der Waals surface area contributed by atoms with Crippen LogP contribution in [0.1, 0.15) is 5.56 Å². The normalized spacial score (nSPS) is 12.9. The van der Waals surface area contributed by atoms with Crippen LogP contribution in [0.4, 0.5) is 4.39 Å². The lowest BCUT2D eigenvalue weighted by atomic mass is 10.1. The number of rotatable bonds is 3. The first-order chi connectivity index (χ1) is 6.13. The molecule has 5 heteroatoms. The zero-order valence-electron chi connectivity index (χ0n) is 6.74. The van der Waals surface area contributed by atoms with Crippen molar-refractivity contribution < 1.29 is 14.6 Å². The number of pyridine rings is 1. The fourth-order valence-corrected chi connectivity index (χ4v) is 1.01. The van der Waals surface area contributed by atoms with Gasteiger partial charge in [-0.3, -0.25) is 0 Å². The first kappa shape index (κ1) is 10.4. The highest BCUT2D eigenvalue weighted by atomic mass is 35.5. The Labute approximate surface area is 79.8 Å². The number of aliphatic hydroxyl groups is 2. The second kappa shape index (κ2) is 4.50. The summed E-state index contributed by atoms with van der Waals surface area (Å²) >= 11 is 5.35. The third kappa shape index (κ3) is 2.91. The van der Waals surface area contributed by atoms with Crippen LogP contribution in [0.15, 0.2) is 12.3 Å². The van der Waals surface area contributed by atoms with Crippen molar-refractivity contribution in [3.63, 3.8) is 0 Å². The summed E-state index contributed by atoms with van der Waals surface area (Å²) in [6.07, 6.45) is 0.643. The van der Waals surface area contributed by atoms with Crippen LogP contribution in [-0.2, 0) is 6.42 Å². The first-order valence-corrected chi connectivity index (χ1v) is 4.10. The molecule has 13 heavy (non-hydrogen) atoms. The second-order valence-corrected chi connectivity index (χ2v) is 3.01. The molecular formula is C8H9ClFNO2. The smallest absolute Gasteiger partial charge is 0.164 e. The number of hydrogen-bond acceptors (Lipinski definition) is 3. The van der Waals surface area contributed by atoms with Crippen molar-refractivity contribution in [2.24, 2.45) is 0 Å². The van der Waals surface area contributed by atoms with Crippen LogP contribution in [0.3, 0.4) is 0 Å². The van der Waals surface area contributed by atoms with E-state index in [1.807, 2.05) is 0 Å². The van der Waals surface area contributed by atoms with Gasteiger partial charge in [0.2, 0.25) is 0 Å². The van der Waals surface area contributed by atoms with Gasteiger partial charge in [-0.1, -0.05) is 11.6 Å². The molecule has 0 saturated carbocycles. The topological polar surface area (TPSA) is 53.4 Å². The molecule has 1 atom stereocenters. The minimum absolute atomic E-state index is 0.164. The molecule has 0 fully saturated rings. The molecular weight excluding hydrogens is 197 g/mol. The summed E-state index contributed by atoms with van der Waals surface area (Å²) in [6.45, 7) is -0.357. The molecule has 1 aromatic rings. The zero-order chi connectivity index (χ0) is 9.84. The highest BCUT2D eigenvalue weighted by Crippen LogP contribution is 2.12. The van der Waals surface area contributed by atoms with Gasteiger partial charge in [-0.25, -0.2) is 9.37 Å². The van der Waals surface area contributed by atoms with Gasteiger partial charge in [0.1, 0.15) is 0 Å². The zero-order valence-corrected chi connectivity index (χ0v) is 7.50. The van der Waals surface area contributed by atoms with Crippen LogP contribution in [-0.4, -0.2) is 27.9 Å². The maximum Gasteiger partial charge on any atom is 0.164 e. The molecule has 0 amide bonds. The molecule has 0 aliphatic carbocycles. The van der Waals surface area contributed by atoms with Crippen LogP contribution in [0.5, 0.6) is 0 Å². The summed E-state index contributed by atoms with van der Waals surface area (Å²) < 4.78 is 12.8. The van der Waals surface area contributed by atoms with Gasteiger partial charge in [0.15, 0.2) is 11.0 Å². The quantitative estimate of drug-likeness (QED) is 0.717. The largest absolute Gasteiger partial charge is 0.394 e. The van der Waals surface area contributed by atoms with Gasteiger partial charge in [0.25, 0.3) is 0 Å².